The Morgan fingerprint density at radius 2 is 2.05 bits per heavy atom. The third-order valence-electron chi connectivity index (χ3n) is 3.53. The molecule has 0 heterocycles. The lowest BCUT2D eigenvalue weighted by atomic mass is 10.1. The summed E-state index contributed by atoms with van der Waals surface area (Å²) in [6.45, 7) is 0.328. The lowest BCUT2D eigenvalue weighted by Crippen LogP contribution is -2.40. The van der Waals surface area contributed by atoms with Crippen LogP contribution in [0.5, 0.6) is 0 Å². The quantitative estimate of drug-likeness (QED) is 0.833. The number of nitrogens with two attached hydrogens (primary N) is 1. The summed E-state index contributed by atoms with van der Waals surface area (Å²) in [6.07, 6.45) is 4.28. The van der Waals surface area contributed by atoms with Gasteiger partial charge in [0.05, 0.1) is 6.61 Å². The van der Waals surface area contributed by atoms with E-state index in [0.29, 0.717) is 22.8 Å². The molecule has 1 fully saturated rings. The molecule has 1 amide bonds. The first-order chi connectivity index (χ1) is 9.11. The Balaban J connectivity index is 2.22. The second kappa shape index (κ2) is 6.26. The second-order valence-corrected chi connectivity index (χ2v) is 5.37. The number of carbonyl (C=O) groups is 1. The van der Waals surface area contributed by atoms with Gasteiger partial charge in [-0.1, -0.05) is 24.4 Å². The molecule has 5 heteroatoms. The van der Waals surface area contributed by atoms with Crippen molar-refractivity contribution >= 4 is 23.2 Å². The second-order valence-electron chi connectivity index (χ2n) is 4.93. The predicted octanol–water partition coefficient (Wildman–Crippen LogP) is 2.30. The van der Waals surface area contributed by atoms with Gasteiger partial charge < -0.3 is 15.7 Å². The largest absolute Gasteiger partial charge is 0.399 e. The Kier molecular flexibility index (Phi) is 4.66. The van der Waals surface area contributed by atoms with Gasteiger partial charge in [0.1, 0.15) is 0 Å². The average molecular weight is 283 g/mol. The molecule has 1 aromatic carbocycles. The molecule has 0 atom stereocenters. The van der Waals surface area contributed by atoms with Crippen molar-refractivity contribution in [2.75, 3.05) is 18.9 Å². The first-order valence-corrected chi connectivity index (χ1v) is 6.97. The molecular weight excluding hydrogens is 264 g/mol. The normalized spacial score (nSPS) is 15.7. The van der Waals surface area contributed by atoms with Gasteiger partial charge in [-0.25, -0.2) is 0 Å². The highest BCUT2D eigenvalue weighted by molar-refractivity contribution is 6.31. The third kappa shape index (κ3) is 3.39. The van der Waals surface area contributed by atoms with Crippen LogP contribution in [0.1, 0.15) is 36.0 Å². The van der Waals surface area contributed by atoms with Crippen LogP contribution in [0.25, 0.3) is 0 Å². The minimum absolute atomic E-state index is 0.0295. The number of hydrogen-bond donors (Lipinski definition) is 2. The zero-order chi connectivity index (χ0) is 13.8. The van der Waals surface area contributed by atoms with Crippen molar-refractivity contribution in [1.82, 2.24) is 4.90 Å². The SMILES string of the molecule is Nc1cc(Cl)cc(C(=O)N(CCO)C2CCCC2)c1. The zero-order valence-electron chi connectivity index (χ0n) is 10.8. The fourth-order valence-corrected chi connectivity index (χ4v) is 2.92. The minimum Gasteiger partial charge on any atom is -0.399 e. The van der Waals surface area contributed by atoms with E-state index in [9.17, 15) is 4.79 Å². The Bertz CT molecular complexity index is 439. The Morgan fingerprint density at radius 3 is 2.63 bits per heavy atom. The van der Waals surface area contributed by atoms with E-state index < -0.39 is 0 Å². The predicted molar refractivity (Wildman–Crippen MR) is 76.2 cm³/mol. The molecule has 19 heavy (non-hydrogen) atoms. The maximum Gasteiger partial charge on any atom is 0.254 e. The van der Waals surface area contributed by atoms with Gasteiger partial charge in [0.2, 0.25) is 0 Å². The smallest absolute Gasteiger partial charge is 0.254 e. The first kappa shape index (κ1) is 14.2. The number of rotatable bonds is 4. The number of benzene rings is 1. The molecule has 0 spiro atoms. The van der Waals surface area contributed by atoms with Gasteiger partial charge in [-0.05, 0) is 31.0 Å². The highest BCUT2D eigenvalue weighted by Crippen LogP contribution is 2.26. The molecule has 2 rings (SSSR count). The molecule has 0 unspecified atom stereocenters. The lowest BCUT2D eigenvalue weighted by Gasteiger charge is -2.28. The highest BCUT2D eigenvalue weighted by atomic mass is 35.5. The monoisotopic (exact) mass is 282 g/mol. The summed E-state index contributed by atoms with van der Waals surface area (Å²) in [5, 5.41) is 9.61. The van der Waals surface area contributed by atoms with E-state index in [2.05, 4.69) is 0 Å². The third-order valence-corrected chi connectivity index (χ3v) is 3.75. The molecule has 4 nitrogen and oxygen atoms in total. The van der Waals surface area contributed by atoms with Crippen molar-refractivity contribution in [3.63, 3.8) is 0 Å². The van der Waals surface area contributed by atoms with Crippen LogP contribution in [0.2, 0.25) is 5.02 Å². The van der Waals surface area contributed by atoms with E-state index >= 15 is 0 Å². The number of hydrogen-bond acceptors (Lipinski definition) is 3. The first-order valence-electron chi connectivity index (χ1n) is 6.59. The number of carbonyl (C=O) groups excluding carboxylic acids is 1. The number of nitrogens with zero attached hydrogens (tertiary/aromatic N) is 1. The van der Waals surface area contributed by atoms with E-state index in [0.717, 1.165) is 25.7 Å². The molecule has 1 aliphatic carbocycles. The molecular formula is C14H19ClN2O2. The van der Waals surface area contributed by atoms with Crippen LogP contribution in [0.4, 0.5) is 5.69 Å². The molecule has 0 bridgehead atoms. The van der Waals surface area contributed by atoms with E-state index in [-0.39, 0.29) is 18.6 Å². The van der Waals surface area contributed by atoms with Crippen LogP contribution >= 0.6 is 11.6 Å². The summed E-state index contributed by atoms with van der Waals surface area (Å²) in [4.78, 5) is 14.3. The van der Waals surface area contributed by atoms with Gasteiger partial charge in [-0.3, -0.25) is 4.79 Å². The van der Waals surface area contributed by atoms with Crippen LogP contribution in [0.15, 0.2) is 18.2 Å². The maximum atomic E-state index is 12.5. The number of nitrogen functional groups attached to an aromatic ring is 1. The van der Waals surface area contributed by atoms with Crippen LogP contribution in [0, 0.1) is 0 Å². The number of amides is 1. The molecule has 0 aromatic heterocycles. The Hall–Kier alpha value is -1.26. The standard InChI is InChI=1S/C14H19ClN2O2/c15-11-7-10(8-12(16)9-11)14(19)17(5-6-18)13-3-1-2-4-13/h7-9,13,18H,1-6,16H2. The van der Waals surface area contributed by atoms with Gasteiger partial charge in [-0.2, -0.15) is 0 Å². The molecule has 0 aliphatic heterocycles. The minimum atomic E-state index is -0.102. The van der Waals surface area contributed by atoms with Gasteiger partial charge in [0.25, 0.3) is 5.91 Å². The molecule has 104 valence electrons. The molecule has 1 aromatic rings. The van der Waals surface area contributed by atoms with Gasteiger partial charge >= 0.3 is 0 Å². The molecule has 1 aliphatic rings. The highest BCUT2D eigenvalue weighted by Gasteiger charge is 2.27. The van der Waals surface area contributed by atoms with Crippen LogP contribution in [-0.4, -0.2) is 35.1 Å². The topological polar surface area (TPSA) is 66.6 Å². The summed E-state index contributed by atoms with van der Waals surface area (Å²) in [6, 6.07) is 5.09. The van der Waals surface area contributed by atoms with E-state index in [1.54, 1.807) is 23.1 Å². The average Bonchev–Trinajstić information content (AvgIpc) is 2.87. The maximum absolute atomic E-state index is 12.5. The Labute approximate surface area is 118 Å². The summed E-state index contributed by atoms with van der Waals surface area (Å²) < 4.78 is 0. The molecule has 0 radical (unpaired) electrons. The van der Waals surface area contributed by atoms with Crippen molar-refractivity contribution in [2.45, 2.75) is 31.7 Å². The lowest BCUT2D eigenvalue weighted by molar-refractivity contribution is 0.0638. The van der Waals surface area contributed by atoms with Crippen molar-refractivity contribution in [2.24, 2.45) is 0 Å². The fraction of sp³-hybridized carbons (Fsp3) is 0.500. The van der Waals surface area contributed by atoms with Crippen molar-refractivity contribution in [1.29, 1.82) is 0 Å². The van der Waals surface area contributed by atoms with Crippen LogP contribution in [0.3, 0.4) is 0 Å². The summed E-state index contributed by atoms with van der Waals surface area (Å²) in [5.74, 6) is -0.102. The molecule has 1 saturated carbocycles. The van der Waals surface area contributed by atoms with E-state index in [1.165, 1.54) is 0 Å². The number of aliphatic hydroxyl groups is 1. The summed E-state index contributed by atoms with van der Waals surface area (Å²) in [5.41, 5.74) is 6.69. The van der Waals surface area contributed by atoms with Crippen LogP contribution < -0.4 is 5.73 Å². The van der Waals surface area contributed by atoms with Crippen molar-refractivity contribution < 1.29 is 9.90 Å². The van der Waals surface area contributed by atoms with Crippen LogP contribution in [-0.2, 0) is 0 Å². The molecule has 0 saturated heterocycles. The number of anilines is 1. The summed E-state index contributed by atoms with van der Waals surface area (Å²) >= 11 is 5.94. The van der Waals surface area contributed by atoms with Gasteiger partial charge in [0.15, 0.2) is 0 Å². The Morgan fingerprint density at radius 1 is 1.37 bits per heavy atom. The number of halogens is 1. The number of aliphatic hydroxyl groups excluding tert-OH is 1. The fourth-order valence-electron chi connectivity index (χ4n) is 2.68. The van der Waals surface area contributed by atoms with Gasteiger partial charge in [0, 0.05) is 28.9 Å². The van der Waals surface area contributed by atoms with E-state index in [1.807, 2.05) is 0 Å². The van der Waals surface area contributed by atoms with Gasteiger partial charge in [-0.15, -0.1) is 0 Å². The van der Waals surface area contributed by atoms with E-state index in [4.69, 9.17) is 22.4 Å². The summed E-state index contributed by atoms with van der Waals surface area (Å²) in [7, 11) is 0. The molecule has 3 N–H and O–H groups in total. The van der Waals surface area contributed by atoms with Crippen molar-refractivity contribution in [3.05, 3.63) is 28.8 Å². The zero-order valence-corrected chi connectivity index (χ0v) is 11.6. The van der Waals surface area contributed by atoms with Crippen molar-refractivity contribution in [3.8, 4) is 0 Å².